The average molecular weight is 439 g/mol. The van der Waals surface area contributed by atoms with E-state index in [0.29, 0.717) is 29.1 Å². The van der Waals surface area contributed by atoms with E-state index < -0.39 is 0 Å². The van der Waals surface area contributed by atoms with E-state index in [2.05, 4.69) is 26.6 Å². The highest BCUT2D eigenvalue weighted by Gasteiger charge is 2.10. The number of ether oxygens (including phenoxy) is 1. The molecule has 28 heavy (non-hydrogen) atoms. The lowest BCUT2D eigenvalue weighted by Gasteiger charge is -2.09. The van der Waals surface area contributed by atoms with E-state index >= 15 is 0 Å². The number of benzene rings is 3. The van der Waals surface area contributed by atoms with Gasteiger partial charge in [-0.05, 0) is 67.6 Å². The molecule has 0 aliphatic rings. The van der Waals surface area contributed by atoms with Crippen LogP contribution in [0.25, 0.3) is 0 Å². The average Bonchev–Trinajstić information content (AvgIpc) is 2.70. The Balaban J connectivity index is 1.68. The molecule has 0 bridgehead atoms. The first-order chi connectivity index (χ1) is 13.5. The highest BCUT2D eigenvalue weighted by Crippen LogP contribution is 2.18. The van der Waals surface area contributed by atoms with Crippen LogP contribution in [-0.2, 0) is 0 Å². The predicted octanol–water partition coefficient (Wildman–Crippen LogP) is 5.35. The lowest BCUT2D eigenvalue weighted by molar-refractivity contribution is 0.101. The molecule has 0 fully saturated rings. The van der Waals surface area contributed by atoms with Crippen molar-refractivity contribution >= 4 is 39.1 Å². The Morgan fingerprint density at radius 1 is 0.821 bits per heavy atom. The molecular weight excluding hydrogens is 420 g/mol. The molecule has 6 heteroatoms. The van der Waals surface area contributed by atoms with E-state index in [-0.39, 0.29) is 11.8 Å². The van der Waals surface area contributed by atoms with Crippen LogP contribution >= 0.6 is 15.9 Å². The van der Waals surface area contributed by atoms with Crippen molar-refractivity contribution in [3.05, 3.63) is 88.4 Å². The molecule has 142 valence electrons. The summed E-state index contributed by atoms with van der Waals surface area (Å²) in [5.74, 6) is 0.242. The normalized spacial score (nSPS) is 10.2. The van der Waals surface area contributed by atoms with Gasteiger partial charge in [0.15, 0.2) is 0 Å². The number of halogens is 1. The fourth-order valence-corrected chi connectivity index (χ4v) is 2.97. The third kappa shape index (κ3) is 5.20. The van der Waals surface area contributed by atoms with Crippen LogP contribution in [0.1, 0.15) is 27.6 Å². The summed E-state index contributed by atoms with van der Waals surface area (Å²) < 4.78 is 6.21. The first kappa shape index (κ1) is 19.6. The summed E-state index contributed by atoms with van der Waals surface area (Å²) in [6.45, 7) is 2.50. The van der Waals surface area contributed by atoms with Gasteiger partial charge in [0.05, 0.1) is 6.61 Å². The SMILES string of the molecule is CCOc1ccc(NC(=O)c2cccc(NC(=O)c3cccc(Br)c3)c2)cc1. The monoisotopic (exact) mass is 438 g/mol. The Labute approximate surface area is 171 Å². The molecule has 3 aromatic rings. The second kappa shape index (κ2) is 9.19. The number of hydrogen-bond acceptors (Lipinski definition) is 3. The molecule has 0 aromatic heterocycles. The van der Waals surface area contributed by atoms with Crippen LogP contribution < -0.4 is 15.4 Å². The molecule has 0 aliphatic heterocycles. The van der Waals surface area contributed by atoms with E-state index in [1.54, 1.807) is 66.7 Å². The lowest BCUT2D eigenvalue weighted by atomic mass is 10.1. The molecule has 0 radical (unpaired) electrons. The fourth-order valence-electron chi connectivity index (χ4n) is 2.58. The maximum atomic E-state index is 12.5. The maximum absolute atomic E-state index is 12.5. The molecule has 0 atom stereocenters. The first-order valence-corrected chi connectivity index (χ1v) is 9.55. The van der Waals surface area contributed by atoms with Crippen molar-refractivity contribution in [2.45, 2.75) is 6.92 Å². The summed E-state index contributed by atoms with van der Waals surface area (Å²) >= 11 is 3.35. The largest absolute Gasteiger partial charge is 0.494 e. The number of rotatable bonds is 6. The second-order valence-electron chi connectivity index (χ2n) is 5.96. The van der Waals surface area contributed by atoms with Gasteiger partial charge in [-0.1, -0.05) is 28.1 Å². The molecule has 0 unspecified atom stereocenters. The van der Waals surface area contributed by atoms with Gasteiger partial charge in [-0.25, -0.2) is 0 Å². The second-order valence-corrected chi connectivity index (χ2v) is 6.87. The van der Waals surface area contributed by atoms with Crippen LogP contribution in [0.3, 0.4) is 0 Å². The van der Waals surface area contributed by atoms with Gasteiger partial charge in [0.1, 0.15) is 5.75 Å². The van der Waals surface area contributed by atoms with Crippen molar-refractivity contribution < 1.29 is 14.3 Å². The standard InChI is InChI=1S/C22H19BrN2O3/c1-2-28-20-11-9-18(10-12-20)24-22(27)16-6-4-8-19(14-16)25-21(26)15-5-3-7-17(23)13-15/h3-14H,2H2,1H3,(H,24,27)(H,25,26). The topological polar surface area (TPSA) is 67.4 Å². The van der Waals surface area contributed by atoms with Crippen molar-refractivity contribution in [1.82, 2.24) is 0 Å². The first-order valence-electron chi connectivity index (χ1n) is 8.76. The zero-order chi connectivity index (χ0) is 19.9. The minimum Gasteiger partial charge on any atom is -0.494 e. The maximum Gasteiger partial charge on any atom is 0.255 e. The number of carbonyl (C=O) groups excluding carboxylic acids is 2. The van der Waals surface area contributed by atoms with Gasteiger partial charge < -0.3 is 15.4 Å². The Bertz CT molecular complexity index is 987. The zero-order valence-corrected chi connectivity index (χ0v) is 16.8. The lowest BCUT2D eigenvalue weighted by Crippen LogP contribution is -2.14. The van der Waals surface area contributed by atoms with E-state index in [1.165, 1.54) is 0 Å². The third-order valence-corrected chi connectivity index (χ3v) is 4.39. The van der Waals surface area contributed by atoms with Crippen molar-refractivity contribution in [3.8, 4) is 5.75 Å². The minimum absolute atomic E-state index is 0.245. The molecule has 2 amide bonds. The Kier molecular flexibility index (Phi) is 6.45. The van der Waals surface area contributed by atoms with E-state index in [4.69, 9.17) is 4.74 Å². The molecule has 3 rings (SSSR count). The van der Waals surface area contributed by atoms with Gasteiger partial charge in [-0.2, -0.15) is 0 Å². The van der Waals surface area contributed by atoms with Crippen LogP contribution in [0.4, 0.5) is 11.4 Å². The van der Waals surface area contributed by atoms with Gasteiger partial charge >= 0.3 is 0 Å². The summed E-state index contributed by atoms with van der Waals surface area (Å²) in [6.07, 6.45) is 0. The molecule has 0 saturated heterocycles. The summed E-state index contributed by atoms with van der Waals surface area (Å²) in [4.78, 5) is 24.9. The van der Waals surface area contributed by atoms with Crippen LogP contribution in [0.5, 0.6) is 5.75 Å². The smallest absolute Gasteiger partial charge is 0.255 e. The molecule has 0 spiro atoms. The molecule has 0 aliphatic carbocycles. The Morgan fingerprint density at radius 3 is 2.07 bits per heavy atom. The quantitative estimate of drug-likeness (QED) is 0.544. The number of hydrogen-bond donors (Lipinski definition) is 2. The number of anilines is 2. The van der Waals surface area contributed by atoms with Gasteiger partial charge in [0.2, 0.25) is 0 Å². The zero-order valence-electron chi connectivity index (χ0n) is 15.2. The van der Waals surface area contributed by atoms with Gasteiger partial charge in [-0.3, -0.25) is 9.59 Å². The number of nitrogens with one attached hydrogen (secondary N) is 2. The molecule has 3 aromatic carbocycles. The molecule has 0 heterocycles. The predicted molar refractivity (Wildman–Crippen MR) is 114 cm³/mol. The van der Waals surface area contributed by atoms with E-state index in [9.17, 15) is 9.59 Å². The third-order valence-electron chi connectivity index (χ3n) is 3.89. The van der Waals surface area contributed by atoms with Crippen LogP contribution in [0, 0.1) is 0 Å². The fraction of sp³-hybridized carbons (Fsp3) is 0.0909. The minimum atomic E-state index is -0.261. The summed E-state index contributed by atoms with van der Waals surface area (Å²) in [6, 6.07) is 21.1. The van der Waals surface area contributed by atoms with Crippen LogP contribution in [-0.4, -0.2) is 18.4 Å². The molecular formula is C22H19BrN2O3. The van der Waals surface area contributed by atoms with Crippen LogP contribution in [0.15, 0.2) is 77.3 Å². The number of carbonyl (C=O) groups is 2. The van der Waals surface area contributed by atoms with Crippen LogP contribution in [0.2, 0.25) is 0 Å². The highest BCUT2D eigenvalue weighted by atomic mass is 79.9. The van der Waals surface area contributed by atoms with Crippen molar-refractivity contribution in [1.29, 1.82) is 0 Å². The van der Waals surface area contributed by atoms with E-state index in [0.717, 1.165) is 10.2 Å². The van der Waals surface area contributed by atoms with Crippen molar-refractivity contribution in [2.75, 3.05) is 17.2 Å². The van der Waals surface area contributed by atoms with Crippen molar-refractivity contribution in [2.24, 2.45) is 0 Å². The Hall–Kier alpha value is -3.12. The van der Waals surface area contributed by atoms with Gasteiger partial charge in [-0.15, -0.1) is 0 Å². The molecule has 2 N–H and O–H groups in total. The molecule has 0 saturated carbocycles. The van der Waals surface area contributed by atoms with E-state index in [1.807, 2.05) is 13.0 Å². The Morgan fingerprint density at radius 2 is 1.43 bits per heavy atom. The summed E-state index contributed by atoms with van der Waals surface area (Å²) in [5.41, 5.74) is 2.18. The van der Waals surface area contributed by atoms with Gasteiger partial charge in [0, 0.05) is 27.0 Å². The number of amides is 2. The highest BCUT2D eigenvalue weighted by molar-refractivity contribution is 9.10. The summed E-state index contributed by atoms with van der Waals surface area (Å²) in [7, 11) is 0. The van der Waals surface area contributed by atoms with Gasteiger partial charge in [0.25, 0.3) is 11.8 Å². The van der Waals surface area contributed by atoms with Crippen molar-refractivity contribution in [3.63, 3.8) is 0 Å². The summed E-state index contributed by atoms with van der Waals surface area (Å²) in [5, 5.41) is 5.64. The molecule has 5 nitrogen and oxygen atoms in total.